The van der Waals surface area contributed by atoms with Crippen molar-refractivity contribution >= 4 is 29.1 Å². The highest BCUT2D eigenvalue weighted by Gasteiger charge is 2.23. The SMILES string of the molecule is CC(NC(=O)C1CCCN1)c1ccc(Cl)cc1Cl. The summed E-state index contributed by atoms with van der Waals surface area (Å²) in [6.07, 6.45) is 1.95. The number of rotatable bonds is 3. The molecule has 3 nitrogen and oxygen atoms in total. The minimum Gasteiger partial charge on any atom is -0.348 e. The van der Waals surface area contributed by atoms with E-state index in [4.69, 9.17) is 23.2 Å². The zero-order valence-corrected chi connectivity index (χ0v) is 11.7. The predicted octanol–water partition coefficient (Wildman–Crippen LogP) is 2.92. The summed E-state index contributed by atoms with van der Waals surface area (Å²) in [5.41, 5.74) is 0.882. The molecule has 2 unspecified atom stereocenters. The first-order chi connectivity index (χ1) is 8.58. The average molecular weight is 287 g/mol. The van der Waals surface area contributed by atoms with Crippen molar-refractivity contribution in [1.29, 1.82) is 0 Å². The number of amides is 1. The van der Waals surface area contributed by atoms with Gasteiger partial charge in [-0.05, 0) is 44.0 Å². The van der Waals surface area contributed by atoms with Gasteiger partial charge in [-0.3, -0.25) is 4.79 Å². The van der Waals surface area contributed by atoms with Crippen LogP contribution >= 0.6 is 23.2 Å². The molecule has 2 rings (SSSR count). The Morgan fingerprint density at radius 1 is 1.50 bits per heavy atom. The topological polar surface area (TPSA) is 41.1 Å². The molecular weight excluding hydrogens is 271 g/mol. The number of benzene rings is 1. The van der Waals surface area contributed by atoms with E-state index in [-0.39, 0.29) is 18.0 Å². The molecule has 0 bridgehead atoms. The third-order valence-electron chi connectivity index (χ3n) is 3.16. The van der Waals surface area contributed by atoms with E-state index < -0.39 is 0 Å². The molecule has 5 heteroatoms. The highest BCUT2D eigenvalue weighted by Crippen LogP contribution is 2.26. The first-order valence-corrected chi connectivity index (χ1v) is 6.82. The summed E-state index contributed by atoms with van der Waals surface area (Å²) in [7, 11) is 0. The number of carbonyl (C=O) groups excluding carboxylic acids is 1. The van der Waals surface area contributed by atoms with Gasteiger partial charge in [-0.1, -0.05) is 29.3 Å². The van der Waals surface area contributed by atoms with Gasteiger partial charge in [0.2, 0.25) is 5.91 Å². The number of hydrogen-bond acceptors (Lipinski definition) is 2. The van der Waals surface area contributed by atoms with E-state index in [9.17, 15) is 4.79 Å². The molecule has 0 saturated carbocycles. The quantitative estimate of drug-likeness (QED) is 0.897. The molecule has 1 fully saturated rings. The van der Waals surface area contributed by atoms with Crippen LogP contribution in [0.3, 0.4) is 0 Å². The lowest BCUT2D eigenvalue weighted by Gasteiger charge is -2.18. The summed E-state index contributed by atoms with van der Waals surface area (Å²) >= 11 is 12.0. The summed E-state index contributed by atoms with van der Waals surface area (Å²) in [6, 6.07) is 5.12. The van der Waals surface area contributed by atoms with Crippen molar-refractivity contribution in [1.82, 2.24) is 10.6 Å². The molecule has 0 radical (unpaired) electrons. The lowest BCUT2D eigenvalue weighted by Crippen LogP contribution is -2.41. The molecule has 1 aliphatic heterocycles. The summed E-state index contributed by atoms with van der Waals surface area (Å²) in [5, 5.41) is 7.32. The second-order valence-electron chi connectivity index (χ2n) is 4.55. The number of nitrogens with one attached hydrogen (secondary N) is 2. The molecule has 18 heavy (non-hydrogen) atoms. The van der Waals surface area contributed by atoms with Crippen molar-refractivity contribution in [3.8, 4) is 0 Å². The fraction of sp³-hybridized carbons (Fsp3) is 0.462. The van der Waals surface area contributed by atoms with Crippen LogP contribution in [0.25, 0.3) is 0 Å². The number of hydrogen-bond donors (Lipinski definition) is 2. The Balaban J connectivity index is 2.02. The van der Waals surface area contributed by atoms with Gasteiger partial charge in [-0.25, -0.2) is 0 Å². The molecule has 1 aliphatic rings. The number of halogens is 2. The summed E-state index contributed by atoms with van der Waals surface area (Å²) in [4.78, 5) is 12.0. The fourth-order valence-corrected chi connectivity index (χ4v) is 2.72. The maximum Gasteiger partial charge on any atom is 0.237 e. The van der Waals surface area contributed by atoms with Crippen molar-refractivity contribution in [2.24, 2.45) is 0 Å². The van der Waals surface area contributed by atoms with Gasteiger partial charge < -0.3 is 10.6 Å². The Kier molecular flexibility index (Phi) is 4.49. The van der Waals surface area contributed by atoms with E-state index in [0.717, 1.165) is 24.9 Å². The molecule has 1 saturated heterocycles. The first-order valence-electron chi connectivity index (χ1n) is 6.06. The first kappa shape index (κ1) is 13.7. The minimum absolute atomic E-state index is 0.0333. The molecule has 2 N–H and O–H groups in total. The van der Waals surface area contributed by atoms with Gasteiger partial charge in [0, 0.05) is 10.0 Å². The molecule has 98 valence electrons. The van der Waals surface area contributed by atoms with Gasteiger partial charge in [0.15, 0.2) is 0 Å². The van der Waals surface area contributed by atoms with Crippen molar-refractivity contribution in [3.05, 3.63) is 33.8 Å². The van der Waals surface area contributed by atoms with Crippen molar-refractivity contribution in [2.75, 3.05) is 6.54 Å². The monoisotopic (exact) mass is 286 g/mol. The van der Waals surface area contributed by atoms with E-state index in [1.165, 1.54) is 0 Å². The maximum absolute atomic E-state index is 12.0. The highest BCUT2D eigenvalue weighted by atomic mass is 35.5. The Bertz CT molecular complexity index is 445. The Morgan fingerprint density at radius 3 is 2.89 bits per heavy atom. The molecule has 2 atom stereocenters. The largest absolute Gasteiger partial charge is 0.348 e. The fourth-order valence-electron chi connectivity index (χ4n) is 2.15. The van der Waals surface area contributed by atoms with Crippen LogP contribution < -0.4 is 10.6 Å². The van der Waals surface area contributed by atoms with Crippen LogP contribution in [-0.2, 0) is 4.79 Å². The Labute approximate surface area is 117 Å². The van der Waals surface area contributed by atoms with E-state index >= 15 is 0 Å². The van der Waals surface area contributed by atoms with Crippen LogP contribution in [0.4, 0.5) is 0 Å². The molecule has 1 amide bonds. The maximum atomic E-state index is 12.0. The minimum atomic E-state index is -0.121. The van der Waals surface area contributed by atoms with Gasteiger partial charge >= 0.3 is 0 Å². The third-order valence-corrected chi connectivity index (χ3v) is 3.73. The Morgan fingerprint density at radius 2 is 2.28 bits per heavy atom. The van der Waals surface area contributed by atoms with Gasteiger partial charge in [0.05, 0.1) is 12.1 Å². The second kappa shape index (κ2) is 5.91. The van der Waals surface area contributed by atoms with Crippen molar-refractivity contribution < 1.29 is 4.79 Å². The zero-order chi connectivity index (χ0) is 13.1. The summed E-state index contributed by atoms with van der Waals surface area (Å²) in [6.45, 7) is 2.83. The van der Waals surface area contributed by atoms with Crippen molar-refractivity contribution in [2.45, 2.75) is 31.8 Å². The smallest absolute Gasteiger partial charge is 0.237 e. The van der Waals surface area contributed by atoms with Crippen LogP contribution in [-0.4, -0.2) is 18.5 Å². The molecule has 1 aromatic carbocycles. The zero-order valence-electron chi connectivity index (χ0n) is 10.2. The summed E-state index contributed by atoms with van der Waals surface area (Å²) < 4.78 is 0. The molecule has 0 aromatic heterocycles. The summed E-state index contributed by atoms with van der Waals surface area (Å²) in [5.74, 6) is 0.0333. The molecule has 0 aliphatic carbocycles. The highest BCUT2D eigenvalue weighted by molar-refractivity contribution is 6.35. The standard InChI is InChI=1S/C13H16Cl2N2O/c1-8(10-5-4-9(14)7-11(10)15)17-13(18)12-3-2-6-16-12/h4-5,7-8,12,16H,2-3,6H2,1H3,(H,17,18). The Hall–Kier alpha value is -0.770. The van der Waals surface area contributed by atoms with Crippen LogP contribution in [0, 0.1) is 0 Å². The molecule has 0 spiro atoms. The second-order valence-corrected chi connectivity index (χ2v) is 5.39. The molecular formula is C13H16Cl2N2O. The van der Waals surface area contributed by atoms with Crippen LogP contribution in [0.2, 0.25) is 10.0 Å². The van der Waals surface area contributed by atoms with Crippen molar-refractivity contribution in [3.63, 3.8) is 0 Å². The van der Waals surface area contributed by atoms with E-state index in [1.807, 2.05) is 13.0 Å². The lowest BCUT2D eigenvalue weighted by atomic mass is 10.1. The van der Waals surface area contributed by atoms with Crippen LogP contribution in [0.1, 0.15) is 31.4 Å². The van der Waals surface area contributed by atoms with E-state index in [1.54, 1.807) is 12.1 Å². The molecule has 1 heterocycles. The normalized spacial score (nSPS) is 20.7. The van der Waals surface area contributed by atoms with E-state index in [0.29, 0.717) is 10.0 Å². The lowest BCUT2D eigenvalue weighted by molar-refractivity contribution is -0.123. The van der Waals surface area contributed by atoms with Gasteiger partial charge in [0.25, 0.3) is 0 Å². The van der Waals surface area contributed by atoms with Gasteiger partial charge in [-0.2, -0.15) is 0 Å². The van der Waals surface area contributed by atoms with E-state index in [2.05, 4.69) is 10.6 Å². The number of carbonyl (C=O) groups is 1. The van der Waals surface area contributed by atoms with Gasteiger partial charge in [0.1, 0.15) is 0 Å². The average Bonchev–Trinajstić information content (AvgIpc) is 2.81. The third kappa shape index (κ3) is 3.16. The predicted molar refractivity (Wildman–Crippen MR) is 74.0 cm³/mol. The van der Waals surface area contributed by atoms with Gasteiger partial charge in [-0.15, -0.1) is 0 Å². The van der Waals surface area contributed by atoms with Crippen LogP contribution in [0.15, 0.2) is 18.2 Å². The van der Waals surface area contributed by atoms with Crippen LogP contribution in [0.5, 0.6) is 0 Å². The molecule has 1 aromatic rings.